The molecule has 0 aromatic heterocycles. The second kappa shape index (κ2) is 7.98. The molecule has 1 aromatic rings. The Morgan fingerprint density at radius 3 is 2.71 bits per heavy atom. The van der Waals surface area contributed by atoms with E-state index in [0.717, 1.165) is 17.6 Å². The number of sulfonamides is 1. The van der Waals surface area contributed by atoms with Crippen LogP contribution in [0.25, 0.3) is 0 Å². The minimum atomic E-state index is -3.88. The summed E-state index contributed by atoms with van der Waals surface area (Å²) in [6.07, 6.45) is 0.671. The van der Waals surface area contributed by atoms with E-state index in [2.05, 4.69) is 4.72 Å². The fourth-order valence-corrected chi connectivity index (χ4v) is 4.21. The van der Waals surface area contributed by atoms with Gasteiger partial charge in [0, 0.05) is 18.2 Å². The highest BCUT2D eigenvalue weighted by Gasteiger charge is 2.23. The standard InChI is InChI=1S/C12H17ClN2O4S2/c1-3-20-7-6-9(2)14-21(18,19)12-8-10(15(16)17)4-5-11(12)13/h4-5,8-9,14H,3,6-7H2,1-2H3. The van der Waals surface area contributed by atoms with Gasteiger partial charge >= 0.3 is 0 Å². The number of nitro benzene ring substituents is 1. The van der Waals surface area contributed by atoms with Crippen molar-refractivity contribution in [3.05, 3.63) is 33.3 Å². The van der Waals surface area contributed by atoms with E-state index in [-0.39, 0.29) is 21.6 Å². The van der Waals surface area contributed by atoms with Crippen molar-refractivity contribution < 1.29 is 13.3 Å². The first kappa shape index (κ1) is 18.2. The van der Waals surface area contributed by atoms with Gasteiger partial charge in [-0.25, -0.2) is 13.1 Å². The highest BCUT2D eigenvalue weighted by Crippen LogP contribution is 2.26. The van der Waals surface area contributed by atoms with Gasteiger partial charge < -0.3 is 0 Å². The van der Waals surface area contributed by atoms with Gasteiger partial charge in [0.2, 0.25) is 10.0 Å². The number of hydrogen-bond acceptors (Lipinski definition) is 5. The summed E-state index contributed by atoms with van der Waals surface area (Å²) in [6, 6.07) is 3.08. The van der Waals surface area contributed by atoms with E-state index >= 15 is 0 Å². The summed E-state index contributed by atoms with van der Waals surface area (Å²) in [5.41, 5.74) is -0.311. The van der Waals surface area contributed by atoms with E-state index in [9.17, 15) is 18.5 Å². The lowest BCUT2D eigenvalue weighted by Crippen LogP contribution is -2.33. The van der Waals surface area contributed by atoms with Gasteiger partial charge in [0.15, 0.2) is 0 Å². The minimum absolute atomic E-state index is 0.0387. The van der Waals surface area contributed by atoms with Crippen LogP contribution in [-0.4, -0.2) is 30.9 Å². The molecule has 1 atom stereocenters. The van der Waals surface area contributed by atoms with Crippen LogP contribution < -0.4 is 4.72 Å². The molecule has 1 unspecified atom stereocenters. The van der Waals surface area contributed by atoms with Crippen LogP contribution in [0.3, 0.4) is 0 Å². The zero-order valence-corrected chi connectivity index (χ0v) is 14.1. The lowest BCUT2D eigenvalue weighted by Gasteiger charge is -2.14. The van der Waals surface area contributed by atoms with Gasteiger partial charge in [0.1, 0.15) is 4.90 Å². The summed E-state index contributed by atoms with van der Waals surface area (Å²) in [5.74, 6) is 1.80. The smallest absolute Gasteiger partial charge is 0.258 e. The van der Waals surface area contributed by atoms with E-state index < -0.39 is 14.9 Å². The Morgan fingerprint density at radius 1 is 1.48 bits per heavy atom. The number of nitro groups is 1. The molecule has 1 aromatic carbocycles. The number of nitrogens with zero attached hydrogens (tertiary/aromatic N) is 1. The molecule has 0 aliphatic heterocycles. The molecule has 118 valence electrons. The van der Waals surface area contributed by atoms with Crippen LogP contribution in [0.4, 0.5) is 5.69 Å². The monoisotopic (exact) mass is 352 g/mol. The first-order valence-corrected chi connectivity index (χ1v) is 9.33. The van der Waals surface area contributed by atoms with Crippen molar-refractivity contribution in [2.45, 2.75) is 31.2 Å². The zero-order valence-electron chi connectivity index (χ0n) is 11.7. The Hall–Kier alpha value is -0.830. The van der Waals surface area contributed by atoms with Gasteiger partial charge in [-0.3, -0.25) is 10.1 Å². The largest absolute Gasteiger partial charge is 0.270 e. The van der Waals surface area contributed by atoms with Gasteiger partial charge in [-0.15, -0.1) is 0 Å². The maximum absolute atomic E-state index is 12.2. The molecule has 1 N–H and O–H groups in total. The first-order chi connectivity index (χ1) is 9.77. The summed E-state index contributed by atoms with van der Waals surface area (Å²) in [5, 5.41) is 10.7. The van der Waals surface area contributed by atoms with E-state index in [1.807, 2.05) is 6.92 Å². The fraction of sp³-hybridized carbons (Fsp3) is 0.500. The van der Waals surface area contributed by atoms with Crippen molar-refractivity contribution in [2.24, 2.45) is 0 Å². The number of halogens is 1. The molecule has 0 heterocycles. The summed E-state index contributed by atoms with van der Waals surface area (Å²) in [7, 11) is -3.88. The number of rotatable bonds is 8. The molecule has 1 rings (SSSR count). The number of nitrogens with one attached hydrogen (secondary N) is 1. The van der Waals surface area contributed by atoms with E-state index in [0.29, 0.717) is 6.42 Å². The third-order valence-corrected chi connectivity index (χ3v) is 5.67. The fourth-order valence-electron chi connectivity index (χ4n) is 1.60. The van der Waals surface area contributed by atoms with Crippen LogP contribution in [0.1, 0.15) is 20.3 Å². The maximum atomic E-state index is 12.2. The number of benzene rings is 1. The third kappa shape index (κ3) is 5.46. The molecule has 0 aliphatic carbocycles. The van der Waals surface area contributed by atoms with Gasteiger partial charge in [0.25, 0.3) is 5.69 Å². The van der Waals surface area contributed by atoms with Crippen LogP contribution in [0.2, 0.25) is 5.02 Å². The first-order valence-electron chi connectivity index (χ1n) is 6.32. The molecular formula is C12H17ClN2O4S2. The predicted molar refractivity (Wildman–Crippen MR) is 85.5 cm³/mol. The number of hydrogen-bond donors (Lipinski definition) is 1. The SMILES string of the molecule is CCSCCC(C)NS(=O)(=O)c1cc([N+](=O)[O-])ccc1Cl. The van der Waals surface area contributed by atoms with Crippen LogP contribution in [0.5, 0.6) is 0 Å². The van der Waals surface area contributed by atoms with Crippen molar-refractivity contribution in [1.29, 1.82) is 0 Å². The third-order valence-electron chi connectivity index (χ3n) is 2.67. The Balaban J connectivity index is 2.92. The highest BCUT2D eigenvalue weighted by molar-refractivity contribution is 7.99. The summed E-state index contributed by atoms with van der Waals surface area (Å²) < 4.78 is 27.0. The van der Waals surface area contributed by atoms with Crippen LogP contribution >= 0.6 is 23.4 Å². The molecule has 0 radical (unpaired) electrons. The Bertz CT molecular complexity index is 607. The van der Waals surface area contributed by atoms with Gasteiger partial charge in [0.05, 0.1) is 9.95 Å². The predicted octanol–water partition coefficient (Wildman–Crippen LogP) is 3.06. The lowest BCUT2D eigenvalue weighted by molar-refractivity contribution is -0.385. The Morgan fingerprint density at radius 2 is 2.14 bits per heavy atom. The average molecular weight is 353 g/mol. The lowest BCUT2D eigenvalue weighted by atomic mass is 10.3. The average Bonchev–Trinajstić information content (AvgIpc) is 2.38. The summed E-state index contributed by atoms with van der Waals surface area (Å²) in [4.78, 5) is 9.81. The quantitative estimate of drug-likeness (QED) is 0.441. The molecule has 0 bridgehead atoms. The number of non-ortho nitro benzene ring substituents is 1. The molecule has 0 aliphatic rings. The van der Waals surface area contributed by atoms with Gasteiger partial charge in [-0.05, 0) is 30.9 Å². The molecule has 0 spiro atoms. The van der Waals surface area contributed by atoms with Crippen LogP contribution in [-0.2, 0) is 10.0 Å². The van der Waals surface area contributed by atoms with E-state index in [1.54, 1.807) is 18.7 Å². The maximum Gasteiger partial charge on any atom is 0.270 e. The van der Waals surface area contributed by atoms with E-state index in [4.69, 9.17) is 11.6 Å². The normalized spacial score (nSPS) is 13.1. The van der Waals surface area contributed by atoms with Gasteiger partial charge in [-0.2, -0.15) is 11.8 Å². The van der Waals surface area contributed by atoms with Crippen molar-refractivity contribution in [1.82, 2.24) is 4.72 Å². The van der Waals surface area contributed by atoms with Crippen molar-refractivity contribution in [2.75, 3.05) is 11.5 Å². The molecule has 9 heteroatoms. The second-order valence-electron chi connectivity index (χ2n) is 4.38. The van der Waals surface area contributed by atoms with Gasteiger partial charge in [-0.1, -0.05) is 18.5 Å². The highest BCUT2D eigenvalue weighted by atomic mass is 35.5. The molecule has 0 fully saturated rings. The Kier molecular flexibility index (Phi) is 6.92. The van der Waals surface area contributed by atoms with Crippen molar-refractivity contribution >= 4 is 39.1 Å². The summed E-state index contributed by atoms with van der Waals surface area (Å²) in [6.45, 7) is 3.78. The molecule has 21 heavy (non-hydrogen) atoms. The molecule has 0 saturated carbocycles. The zero-order chi connectivity index (χ0) is 16.0. The van der Waals surface area contributed by atoms with Crippen molar-refractivity contribution in [3.8, 4) is 0 Å². The topological polar surface area (TPSA) is 89.3 Å². The number of thioether (sulfide) groups is 1. The molecule has 0 amide bonds. The summed E-state index contributed by atoms with van der Waals surface area (Å²) >= 11 is 7.57. The second-order valence-corrected chi connectivity index (χ2v) is 7.86. The molecular weight excluding hydrogens is 336 g/mol. The molecule has 6 nitrogen and oxygen atoms in total. The Labute approximate surface area is 133 Å². The minimum Gasteiger partial charge on any atom is -0.258 e. The van der Waals surface area contributed by atoms with Crippen LogP contribution in [0.15, 0.2) is 23.1 Å². The van der Waals surface area contributed by atoms with Crippen LogP contribution in [0, 0.1) is 10.1 Å². The van der Waals surface area contributed by atoms with Crippen molar-refractivity contribution in [3.63, 3.8) is 0 Å². The van der Waals surface area contributed by atoms with E-state index in [1.165, 1.54) is 12.1 Å². The molecule has 0 saturated heterocycles.